The molecular formula is C12H16N2O2. The number of nitrogens with zero attached hydrogens (tertiary/aromatic N) is 1. The van der Waals surface area contributed by atoms with Crippen molar-refractivity contribution >= 4 is 0 Å². The first-order valence-corrected chi connectivity index (χ1v) is 5.19. The average Bonchev–Trinajstić information content (AvgIpc) is 2.34. The third-order valence-corrected chi connectivity index (χ3v) is 2.18. The first-order chi connectivity index (χ1) is 7.77. The van der Waals surface area contributed by atoms with Crippen LogP contribution in [0.4, 0.5) is 0 Å². The van der Waals surface area contributed by atoms with E-state index in [4.69, 9.17) is 15.1 Å². The summed E-state index contributed by atoms with van der Waals surface area (Å²) in [7, 11) is 0. The van der Waals surface area contributed by atoms with Crippen molar-refractivity contribution in [1.82, 2.24) is 5.32 Å². The summed E-state index contributed by atoms with van der Waals surface area (Å²) in [5, 5.41) is 20.5. The molecule has 1 unspecified atom stereocenters. The molecule has 0 aliphatic carbocycles. The zero-order valence-corrected chi connectivity index (χ0v) is 9.31. The molecule has 1 atom stereocenters. The Labute approximate surface area is 95.5 Å². The van der Waals surface area contributed by atoms with Crippen LogP contribution in [0.3, 0.4) is 0 Å². The fraction of sp³-hybridized carbons (Fsp3) is 0.417. The Morgan fingerprint density at radius 2 is 2.25 bits per heavy atom. The molecule has 2 N–H and O–H groups in total. The summed E-state index contributed by atoms with van der Waals surface area (Å²) in [5.74, 6) is 0.710. The van der Waals surface area contributed by atoms with Gasteiger partial charge in [0.25, 0.3) is 0 Å². The van der Waals surface area contributed by atoms with E-state index in [9.17, 15) is 0 Å². The van der Waals surface area contributed by atoms with Gasteiger partial charge in [0.05, 0.1) is 6.61 Å². The van der Waals surface area contributed by atoms with E-state index in [0.717, 1.165) is 5.56 Å². The Kier molecular flexibility index (Phi) is 5.34. The lowest BCUT2D eigenvalue weighted by atomic mass is 10.2. The Morgan fingerprint density at radius 1 is 1.50 bits per heavy atom. The number of ether oxygens (including phenoxy) is 1. The fourth-order valence-corrected chi connectivity index (χ4v) is 1.25. The highest BCUT2D eigenvalue weighted by Crippen LogP contribution is 2.17. The second kappa shape index (κ2) is 6.83. The van der Waals surface area contributed by atoms with Gasteiger partial charge in [0.15, 0.2) is 6.61 Å². The van der Waals surface area contributed by atoms with Crippen molar-refractivity contribution in [3.05, 3.63) is 29.8 Å². The molecule has 1 aromatic carbocycles. The monoisotopic (exact) mass is 220 g/mol. The van der Waals surface area contributed by atoms with E-state index in [2.05, 4.69) is 5.32 Å². The SMILES string of the molecule is CC(CO)NCc1ccccc1OCC#N. The van der Waals surface area contributed by atoms with Gasteiger partial charge in [-0.3, -0.25) is 0 Å². The van der Waals surface area contributed by atoms with Gasteiger partial charge in [-0.25, -0.2) is 0 Å². The molecule has 0 aliphatic rings. The molecule has 16 heavy (non-hydrogen) atoms. The van der Waals surface area contributed by atoms with Crippen LogP contribution in [0.5, 0.6) is 5.75 Å². The van der Waals surface area contributed by atoms with Gasteiger partial charge in [-0.1, -0.05) is 18.2 Å². The molecule has 4 heteroatoms. The van der Waals surface area contributed by atoms with Crippen LogP contribution in [-0.4, -0.2) is 24.4 Å². The number of nitriles is 1. The molecule has 0 aliphatic heterocycles. The lowest BCUT2D eigenvalue weighted by Crippen LogP contribution is -2.28. The van der Waals surface area contributed by atoms with Crippen molar-refractivity contribution in [2.75, 3.05) is 13.2 Å². The van der Waals surface area contributed by atoms with Crippen LogP contribution in [0.15, 0.2) is 24.3 Å². The molecule has 0 radical (unpaired) electrons. The van der Waals surface area contributed by atoms with E-state index in [1.165, 1.54) is 0 Å². The zero-order valence-electron chi connectivity index (χ0n) is 9.31. The van der Waals surface area contributed by atoms with Crippen molar-refractivity contribution in [1.29, 1.82) is 5.26 Å². The predicted octanol–water partition coefficient (Wildman–Crippen LogP) is 1.06. The number of benzene rings is 1. The van der Waals surface area contributed by atoms with Gasteiger partial charge in [-0.2, -0.15) is 5.26 Å². The molecule has 0 aromatic heterocycles. The quantitative estimate of drug-likeness (QED) is 0.752. The molecule has 0 saturated heterocycles. The van der Waals surface area contributed by atoms with Gasteiger partial charge in [-0.05, 0) is 13.0 Å². The molecule has 0 spiro atoms. The molecule has 0 fully saturated rings. The average molecular weight is 220 g/mol. The standard InChI is InChI=1S/C12H16N2O2/c1-10(9-15)14-8-11-4-2-3-5-12(11)16-7-6-13/h2-5,10,14-15H,7-9H2,1H3. The van der Waals surface area contributed by atoms with Crippen molar-refractivity contribution in [3.8, 4) is 11.8 Å². The molecule has 4 nitrogen and oxygen atoms in total. The summed E-state index contributed by atoms with van der Waals surface area (Å²) in [6.07, 6.45) is 0. The minimum atomic E-state index is 0.0454. The Bertz CT molecular complexity index is 360. The van der Waals surface area contributed by atoms with Crippen molar-refractivity contribution in [2.24, 2.45) is 0 Å². The maximum absolute atomic E-state index is 8.89. The van der Waals surface area contributed by atoms with Crippen LogP contribution in [0.25, 0.3) is 0 Å². The summed E-state index contributed by atoms with van der Waals surface area (Å²) in [4.78, 5) is 0. The number of hydrogen-bond donors (Lipinski definition) is 2. The van der Waals surface area contributed by atoms with Gasteiger partial charge < -0.3 is 15.2 Å². The van der Waals surface area contributed by atoms with Gasteiger partial charge in [0, 0.05) is 18.2 Å². The molecule has 1 rings (SSSR count). The molecule has 0 saturated carbocycles. The highest BCUT2D eigenvalue weighted by atomic mass is 16.5. The number of nitrogens with one attached hydrogen (secondary N) is 1. The third-order valence-electron chi connectivity index (χ3n) is 2.18. The Balaban J connectivity index is 2.60. The Hall–Kier alpha value is -1.57. The van der Waals surface area contributed by atoms with Crippen LogP contribution in [0.1, 0.15) is 12.5 Å². The van der Waals surface area contributed by atoms with Crippen molar-refractivity contribution in [3.63, 3.8) is 0 Å². The predicted molar refractivity (Wildman–Crippen MR) is 60.9 cm³/mol. The van der Waals surface area contributed by atoms with Crippen LogP contribution >= 0.6 is 0 Å². The zero-order chi connectivity index (χ0) is 11.8. The smallest absolute Gasteiger partial charge is 0.174 e. The number of rotatable bonds is 6. The first kappa shape index (κ1) is 12.5. The second-order valence-corrected chi connectivity index (χ2v) is 3.52. The summed E-state index contributed by atoms with van der Waals surface area (Å²) in [6, 6.07) is 9.53. The summed E-state index contributed by atoms with van der Waals surface area (Å²) < 4.78 is 5.29. The van der Waals surface area contributed by atoms with Gasteiger partial charge >= 0.3 is 0 Å². The van der Waals surface area contributed by atoms with E-state index in [-0.39, 0.29) is 19.3 Å². The first-order valence-electron chi connectivity index (χ1n) is 5.19. The van der Waals surface area contributed by atoms with Crippen molar-refractivity contribution in [2.45, 2.75) is 19.5 Å². The Morgan fingerprint density at radius 3 is 2.94 bits per heavy atom. The fourth-order valence-electron chi connectivity index (χ4n) is 1.25. The number of aliphatic hydroxyl groups excluding tert-OH is 1. The molecule has 1 aromatic rings. The van der Waals surface area contributed by atoms with Crippen LogP contribution in [0, 0.1) is 11.3 Å². The molecular weight excluding hydrogens is 204 g/mol. The van der Waals surface area contributed by atoms with Crippen LogP contribution in [0.2, 0.25) is 0 Å². The van der Waals surface area contributed by atoms with E-state index >= 15 is 0 Å². The van der Waals surface area contributed by atoms with Crippen molar-refractivity contribution < 1.29 is 9.84 Å². The van der Waals surface area contributed by atoms with Gasteiger partial charge in [-0.15, -0.1) is 0 Å². The number of para-hydroxylation sites is 1. The summed E-state index contributed by atoms with van der Waals surface area (Å²) in [6.45, 7) is 2.66. The summed E-state index contributed by atoms with van der Waals surface area (Å²) in [5.41, 5.74) is 0.984. The van der Waals surface area contributed by atoms with Gasteiger partial charge in [0.2, 0.25) is 0 Å². The number of hydrogen-bond acceptors (Lipinski definition) is 4. The maximum Gasteiger partial charge on any atom is 0.174 e. The van der Waals surface area contributed by atoms with Crippen LogP contribution < -0.4 is 10.1 Å². The molecule has 0 bridgehead atoms. The molecule has 0 amide bonds. The van der Waals surface area contributed by atoms with E-state index in [1.54, 1.807) is 0 Å². The normalized spacial score (nSPS) is 11.8. The topological polar surface area (TPSA) is 65.3 Å². The minimum Gasteiger partial charge on any atom is -0.478 e. The maximum atomic E-state index is 8.89. The van der Waals surface area contributed by atoms with E-state index < -0.39 is 0 Å². The summed E-state index contributed by atoms with van der Waals surface area (Å²) >= 11 is 0. The van der Waals surface area contributed by atoms with E-state index in [1.807, 2.05) is 37.3 Å². The minimum absolute atomic E-state index is 0.0454. The lowest BCUT2D eigenvalue weighted by Gasteiger charge is -2.13. The third kappa shape index (κ3) is 3.89. The van der Waals surface area contributed by atoms with Gasteiger partial charge in [0.1, 0.15) is 11.8 Å². The highest BCUT2D eigenvalue weighted by Gasteiger charge is 2.04. The van der Waals surface area contributed by atoms with E-state index in [0.29, 0.717) is 12.3 Å². The highest BCUT2D eigenvalue weighted by molar-refractivity contribution is 5.33. The largest absolute Gasteiger partial charge is 0.478 e. The second-order valence-electron chi connectivity index (χ2n) is 3.52. The lowest BCUT2D eigenvalue weighted by molar-refractivity contribution is 0.250. The van der Waals surface area contributed by atoms with Crippen LogP contribution in [-0.2, 0) is 6.54 Å². The molecule has 86 valence electrons. The number of aliphatic hydroxyl groups is 1. The molecule has 0 heterocycles.